The highest BCUT2D eigenvalue weighted by molar-refractivity contribution is 7.78. The number of hydrogen-bond acceptors (Lipinski definition) is 2. The predicted molar refractivity (Wildman–Crippen MR) is 84.7 cm³/mol. The molecular formula is C17H21NS. The Labute approximate surface area is 121 Å². The molecule has 19 heavy (non-hydrogen) atoms. The molecule has 0 N–H and O–H groups in total. The molecule has 0 amide bonds. The summed E-state index contributed by atoms with van der Waals surface area (Å²) in [5.74, 6) is 1.61. The minimum atomic E-state index is 0.649. The van der Waals surface area contributed by atoms with Gasteiger partial charge < -0.3 is 0 Å². The summed E-state index contributed by atoms with van der Waals surface area (Å²) in [5, 5.41) is 2.41. The smallest absolute Gasteiger partial charge is 0.0743 e. The number of thiocarbonyl (C=S) groups is 1. The number of benzene rings is 1. The zero-order valence-corrected chi connectivity index (χ0v) is 12.2. The molecule has 100 valence electrons. The summed E-state index contributed by atoms with van der Waals surface area (Å²) >= 11 is 4.59. The van der Waals surface area contributed by atoms with Crippen LogP contribution in [0.5, 0.6) is 0 Å². The largest absolute Gasteiger partial charge is 0.228 e. The first-order valence-corrected chi connectivity index (χ1v) is 7.47. The van der Waals surface area contributed by atoms with Crippen molar-refractivity contribution in [2.45, 2.75) is 44.6 Å². The summed E-state index contributed by atoms with van der Waals surface area (Å²) in [7, 11) is 0. The van der Waals surface area contributed by atoms with Gasteiger partial charge in [0.1, 0.15) is 0 Å². The molecule has 2 heteroatoms. The van der Waals surface area contributed by atoms with Crippen LogP contribution in [0.4, 0.5) is 0 Å². The van der Waals surface area contributed by atoms with Crippen molar-refractivity contribution in [3.8, 4) is 0 Å². The topological polar surface area (TPSA) is 12.4 Å². The first-order valence-electron chi connectivity index (χ1n) is 7.07. The van der Waals surface area contributed by atoms with Crippen molar-refractivity contribution < 1.29 is 0 Å². The van der Waals surface area contributed by atoms with E-state index >= 15 is 0 Å². The standard InChI is InChI=1S/C17H21NS/c1-2-3-14-4-8-16(9-5-14)17-10-6-15(7-11-17)12-18-13-19/h2,6-7,10-11,14,16H,1,3-5,8-9,12H2. The van der Waals surface area contributed by atoms with Crippen LogP contribution in [0.3, 0.4) is 0 Å². The first-order chi connectivity index (χ1) is 9.33. The number of rotatable bonds is 5. The predicted octanol–water partition coefficient (Wildman–Crippen LogP) is 5.14. The number of isothiocyanates is 1. The van der Waals surface area contributed by atoms with Crippen LogP contribution in [0.25, 0.3) is 0 Å². The van der Waals surface area contributed by atoms with E-state index in [2.05, 4.69) is 59.3 Å². The quantitative estimate of drug-likeness (QED) is 0.410. The molecule has 0 unspecified atom stereocenters. The second-order valence-corrected chi connectivity index (χ2v) is 5.57. The third-order valence-corrected chi connectivity index (χ3v) is 4.25. The third-order valence-electron chi connectivity index (χ3n) is 4.12. The Balaban J connectivity index is 1.92. The van der Waals surface area contributed by atoms with Gasteiger partial charge in [-0.05, 0) is 67.3 Å². The minimum absolute atomic E-state index is 0.649. The number of nitrogens with zero attached hydrogens (tertiary/aromatic N) is 1. The lowest BCUT2D eigenvalue weighted by Gasteiger charge is -2.28. The van der Waals surface area contributed by atoms with E-state index in [9.17, 15) is 0 Å². The molecule has 0 atom stereocenters. The Morgan fingerprint density at radius 2 is 1.89 bits per heavy atom. The van der Waals surface area contributed by atoms with E-state index in [4.69, 9.17) is 0 Å². The minimum Gasteiger partial charge on any atom is -0.228 e. The highest BCUT2D eigenvalue weighted by Crippen LogP contribution is 2.37. The van der Waals surface area contributed by atoms with Crippen LogP contribution in [0, 0.1) is 5.92 Å². The maximum atomic E-state index is 4.59. The fraction of sp³-hybridized carbons (Fsp3) is 0.471. The van der Waals surface area contributed by atoms with Gasteiger partial charge in [-0.1, -0.05) is 30.3 Å². The highest BCUT2D eigenvalue weighted by Gasteiger charge is 2.21. The van der Waals surface area contributed by atoms with E-state index < -0.39 is 0 Å². The number of hydrogen-bond donors (Lipinski definition) is 0. The Morgan fingerprint density at radius 1 is 1.21 bits per heavy atom. The summed E-state index contributed by atoms with van der Waals surface area (Å²) in [6.45, 7) is 4.49. The van der Waals surface area contributed by atoms with Crippen LogP contribution in [0.15, 0.2) is 41.9 Å². The molecule has 1 aromatic carbocycles. The van der Waals surface area contributed by atoms with Crippen molar-refractivity contribution in [2.75, 3.05) is 0 Å². The van der Waals surface area contributed by atoms with E-state index in [1.807, 2.05) is 0 Å². The molecule has 0 radical (unpaired) electrons. The van der Waals surface area contributed by atoms with Gasteiger partial charge in [-0.3, -0.25) is 0 Å². The lowest BCUT2D eigenvalue weighted by molar-refractivity contribution is 0.328. The number of allylic oxidation sites excluding steroid dienone is 1. The van der Waals surface area contributed by atoms with E-state index in [1.165, 1.54) is 43.2 Å². The molecule has 0 bridgehead atoms. The summed E-state index contributed by atoms with van der Waals surface area (Å²) in [6.07, 6.45) is 8.56. The van der Waals surface area contributed by atoms with Gasteiger partial charge in [0.25, 0.3) is 0 Å². The molecular weight excluding hydrogens is 250 g/mol. The van der Waals surface area contributed by atoms with Crippen LogP contribution in [-0.2, 0) is 6.54 Å². The zero-order valence-electron chi connectivity index (χ0n) is 11.3. The maximum absolute atomic E-state index is 4.59. The molecule has 0 heterocycles. The van der Waals surface area contributed by atoms with E-state index in [1.54, 1.807) is 0 Å². The molecule has 1 nitrogen and oxygen atoms in total. The SMILES string of the molecule is C=CCC1CCC(c2ccc(CN=C=S)cc2)CC1. The van der Waals surface area contributed by atoms with Crippen molar-refractivity contribution in [1.82, 2.24) is 0 Å². The average Bonchev–Trinajstić information content (AvgIpc) is 2.47. The van der Waals surface area contributed by atoms with Crippen LogP contribution in [0.1, 0.15) is 49.1 Å². The van der Waals surface area contributed by atoms with Crippen molar-refractivity contribution in [1.29, 1.82) is 0 Å². The zero-order chi connectivity index (χ0) is 13.5. The van der Waals surface area contributed by atoms with Gasteiger partial charge in [-0.2, -0.15) is 0 Å². The second-order valence-electron chi connectivity index (χ2n) is 5.39. The van der Waals surface area contributed by atoms with Gasteiger partial charge >= 0.3 is 0 Å². The van der Waals surface area contributed by atoms with Gasteiger partial charge in [0.05, 0.1) is 11.7 Å². The van der Waals surface area contributed by atoms with Crippen molar-refractivity contribution >= 4 is 17.4 Å². The van der Waals surface area contributed by atoms with E-state index in [0.717, 1.165) is 11.8 Å². The van der Waals surface area contributed by atoms with Crippen LogP contribution in [-0.4, -0.2) is 5.16 Å². The Bertz CT molecular complexity index is 449. The average molecular weight is 271 g/mol. The van der Waals surface area contributed by atoms with Crippen LogP contribution < -0.4 is 0 Å². The fourth-order valence-electron chi connectivity index (χ4n) is 2.99. The molecule has 0 saturated heterocycles. The Morgan fingerprint density at radius 3 is 2.47 bits per heavy atom. The molecule has 1 aromatic rings. The van der Waals surface area contributed by atoms with Gasteiger partial charge in [0.15, 0.2) is 0 Å². The first kappa shape index (κ1) is 14.2. The van der Waals surface area contributed by atoms with E-state index in [-0.39, 0.29) is 0 Å². The lowest BCUT2D eigenvalue weighted by Crippen LogP contribution is -2.12. The Hall–Kier alpha value is -1.24. The van der Waals surface area contributed by atoms with Crippen molar-refractivity contribution in [3.63, 3.8) is 0 Å². The van der Waals surface area contributed by atoms with Crippen molar-refractivity contribution in [2.24, 2.45) is 10.9 Å². The fourth-order valence-corrected chi connectivity index (χ4v) is 3.05. The molecule has 0 aromatic heterocycles. The van der Waals surface area contributed by atoms with Gasteiger partial charge in [0, 0.05) is 0 Å². The van der Waals surface area contributed by atoms with Crippen LogP contribution in [0.2, 0.25) is 0 Å². The molecule has 0 aliphatic heterocycles. The molecule has 1 fully saturated rings. The summed E-state index contributed by atoms with van der Waals surface area (Å²) in [5.41, 5.74) is 2.69. The van der Waals surface area contributed by atoms with Crippen LogP contribution >= 0.6 is 12.2 Å². The maximum Gasteiger partial charge on any atom is 0.0743 e. The summed E-state index contributed by atoms with van der Waals surface area (Å²) in [6, 6.07) is 8.85. The second kappa shape index (κ2) is 7.37. The van der Waals surface area contributed by atoms with Gasteiger partial charge in [-0.25, -0.2) is 4.99 Å². The number of aliphatic imine (C=N–C) groups is 1. The molecule has 0 spiro atoms. The van der Waals surface area contributed by atoms with Gasteiger partial charge in [-0.15, -0.1) is 6.58 Å². The lowest BCUT2D eigenvalue weighted by atomic mass is 9.77. The molecule has 1 saturated carbocycles. The Kier molecular flexibility index (Phi) is 5.50. The molecule has 1 aliphatic rings. The normalized spacial score (nSPS) is 22.5. The third kappa shape index (κ3) is 4.12. The molecule has 2 rings (SSSR count). The van der Waals surface area contributed by atoms with Gasteiger partial charge in [0.2, 0.25) is 0 Å². The van der Waals surface area contributed by atoms with E-state index in [0.29, 0.717) is 6.54 Å². The van der Waals surface area contributed by atoms with Crippen molar-refractivity contribution in [3.05, 3.63) is 48.0 Å². The summed E-state index contributed by atoms with van der Waals surface area (Å²) in [4.78, 5) is 3.97. The monoisotopic (exact) mass is 271 g/mol. The molecule has 1 aliphatic carbocycles. The summed E-state index contributed by atoms with van der Waals surface area (Å²) < 4.78 is 0. The highest BCUT2D eigenvalue weighted by atomic mass is 32.1.